The summed E-state index contributed by atoms with van der Waals surface area (Å²) in [5.41, 5.74) is -0.0322. The van der Waals surface area contributed by atoms with E-state index < -0.39 is 0 Å². The molecule has 1 rings (SSSR count). The van der Waals surface area contributed by atoms with Gasteiger partial charge in [0.1, 0.15) is 0 Å². The molecule has 0 aromatic heterocycles. The molecule has 4 heteroatoms. The Morgan fingerprint density at radius 2 is 2.06 bits per heavy atom. The molecule has 4 nitrogen and oxygen atoms in total. The largest absolute Gasteiger partial charge is 0.396 e. The van der Waals surface area contributed by atoms with Crippen LogP contribution in [0.25, 0.3) is 0 Å². The highest BCUT2D eigenvalue weighted by molar-refractivity contribution is 5.78. The minimum atomic E-state index is -0.0322. The number of carbonyl (C=O) groups is 1. The Bertz CT molecular complexity index is 222. The predicted octanol–water partition coefficient (Wildman–Crippen LogP) is 0.938. The van der Waals surface area contributed by atoms with Crippen molar-refractivity contribution in [3.05, 3.63) is 0 Å². The highest BCUT2D eigenvalue weighted by Crippen LogP contribution is 2.19. The van der Waals surface area contributed by atoms with E-state index in [0.29, 0.717) is 26.2 Å². The molecule has 0 aliphatic carbocycles. The van der Waals surface area contributed by atoms with E-state index in [1.54, 1.807) is 0 Å². The summed E-state index contributed by atoms with van der Waals surface area (Å²) in [7, 11) is 0. The molecule has 0 unspecified atom stereocenters. The van der Waals surface area contributed by atoms with Gasteiger partial charge in [0, 0.05) is 32.3 Å². The molecule has 1 heterocycles. The molecule has 0 aromatic carbocycles. The summed E-state index contributed by atoms with van der Waals surface area (Å²) in [6.07, 6.45) is 2.36. The van der Waals surface area contributed by atoms with Crippen LogP contribution >= 0.6 is 0 Å². The van der Waals surface area contributed by atoms with Crippen LogP contribution in [0.3, 0.4) is 0 Å². The molecule has 0 atom stereocenters. The van der Waals surface area contributed by atoms with Gasteiger partial charge in [-0.05, 0) is 24.7 Å². The number of carbonyl (C=O) groups excluding carboxylic acids is 1. The van der Waals surface area contributed by atoms with Crippen LogP contribution in [-0.2, 0) is 9.53 Å². The van der Waals surface area contributed by atoms with Crippen molar-refractivity contribution in [1.82, 2.24) is 5.32 Å². The van der Waals surface area contributed by atoms with Gasteiger partial charge in [0.05, 0.1) is 0 Å². The molecule has 0 aromatic rings. The van der Waals surface area contributed by atoms with Gasteiger partial charge in [0.2, 0.25) is 5.91 Å². The molecule has 16 heavy (non-hydrogen) atoms. The summed E-state index contributed by atoms with van der Waals surface area (Å²) in [4.78, 5) is 11.8. The van der Waals surface area contributed by atoms with Gasteiger partial charge in [-0.2, -0.15) is 0 Å². The maximum absolute atomic E-state index is 11.8. The average Bonchev–Trinajstić information content (AvgIpc) is 2.27. The molecule has 1 aliphatic rings. The number of hydrogen-bond donors (Lipinski definition) is 2. The van der Waals surface area contributed by atoms with E-state index in [9.17, 15) is 4.79 Å². The number of hydrogen-bond acceptors (Lipinski definition) is 3. The Morgan fingerprint density at radius 3 is 2.62 bits per heavy atom. The summed E-state index contributed by atoms with van der Waals surface area (Å²) in [6.45, 7) is 6.28. The van der Waals surface area contributed by atoms with Gasteiger partial charge in [-0.3, -0.25) is 4.79 Å². The van der Waals surface area contributed by atoms with Gasteiger partial charge >= 0.3 is 0 Å². The maximum Gasteiger partial charge on any atom is 0.223 e. The quantitative estimate of drug-likeness (QED) is 0.737. The number of nitrogens with one attached hydrogen (secondary N) is 1. The van der Waals surface area contributed by atoms with Crippen LogP contribution in [0.5, 0.6) is 0 Å². The average molecular weight is 229 g/mol. The zero-order valence-electron chi connectivity index (χ0n) is 10.3. The second kappa shape index (κ2) is 6.21. The fraction of sp³-hybridized carbons (Fsp3) is 0.917. The first-order valence-electron chi connectivity index (χ1n) is 6.01. The monoisotopic (exact) mass is 229 g/mol. The summed E-state index contributed by atoms with van der Waals surface area (Å²) in [5, 5.41) is 11.9. The van der Waals surface area contributed by atoms with Gasteiger partial charge in [0.15, 0.2) is 0 Å². The van der Waals surface area contributed by atoms with E-state index in [1.807, 2.05) is 13.8 Å². The number of aliphatic hydroxyl groups is 1. The van der Waals surface area contributed by atoms with Crippen molar-refractivity contribution in [2.75, 3.05) is 26.4 Å². The molecule has 1 fully saturated rings. The number of amides is 1. The molecular formula is C12H23NO3. The van der Waals surface area contributed by atoms with Crippen LogP contribution in [-0.4, -0.2) is 37.4 Å². The fourth-order valence-electron chi connectivity index (χ4n) is 1.82. The topological polar surface area (TPSA) is 58.6 Å². The van der Waals surface area contributed by atoms with Gasteiger partial charge in [-0.25, -0.2) is 0 Å². The lowest BCUT2D eigenvalue weighted by molar-refractivity contribution is -0.128. The first kappa shape index (κ1) is 13.5. The summed E-state index contributed by atoms with van der Waals surface area (Å²) in [5.74, 6) is 0.244. The molecule has 2 N–H and O–H groups in total. The van der Waals surface area contributed by atoms with Crippen molar-refractivity contribution < 1.29 is 14.6 Å². The molecule has 0 bridgehead atoms. The Morgan fingerprint density at radius 1 is 1.44 bits per heavy atom. The van der Waals surface area contributed by atoms with E-state index in [1.165, 1.54) is 0 Å². The van der Waals surface area contributed by atoms with E-state index >= 15 is 0 Å². The lowest BCUT2D eigenvalue weighted by atomic mass is 9.89. The first-order chi connectivity index (χ1) is 7.55. The normalized spacial score (nSPS) is 18.4. The SMILES string of the molecule is CC(C)(CCO)CNC(=O)C1CCOCC1. The Hall–Kier alpha value is -0.610. The number of aliphatic hydroxyl groups excluding tert-OH is 1. The molecule has 1 saturated heterocycles. The van der Waals surface area contributed by atoms with E-state index in [4.69, 9.17) is 9.84 Å². The van der Waals surface area contributed by atoms with Gasteiger partial charge < -0.3 is 15.2 Å². The van der Waals surface area contributed by atoms with Crippen molar-refractivity contribution in [3.8, 4) is 0 Å². The van der Waals surface area contributed by atoms with E-state index in [0.717, 1.165) is 12.8 Å². The third-order valence-electron chi connectivity index (χ3n) is 3.12. The first-order valence-corrected chi connectivity index (χ1v) is 6.01. The Balaban J connectivity index is 2.28. The van der Waals surface area contributed by atoms with Crippen LogP contribution in [0.15, 0.2) is 0 Å². The number of rotatable bonds is 5. The summed E-state index contributed by atoms with van der Waals surface area (Å²) < 4.78 is 5.22. The third kappa shape index (κ3) is 4.49. The number of ether oxygens (including phenoxy) is 1. The Kier molecular flexibility index (Phi) is 5.22. The lowest BCUT2D eigenvalue weighted by Gasteiger charge is -2.26. The summed E-state index contributed by atoms with van der Waals surface area (Å²) in [6, 6.07) is 0. The minimum absolute atomic E-state index is 0.0322. The van der Waals surface area contributed by atoms with Crippen LogP contribution in [0.4, 0.5) is 0 Å². The van der Waals surface area contributed by atoms with Crippen molar-refractivity contribution in [1.29, 1.82) is 0 Å². The van der Waals surface area contributed by atoms with Gasteiger partial charge in [-0.15, -0.1) is 0 Å². The van der Waals surface area contributed by atoms with Crippen LogP contribution < -0.4 is 5.32 Å². The zero-order valence-corrected chi connectivity index (χ0v) is 10.3. The summed E-state index contributed by atoms with van der Waals surface area (Å²) >= 11 is 0. The molecule has 0 spiro atoms. The lowest BCUT2D eigenvalue weighted by Crippen LogP contribution is -2.39. The molecule has 1 aliphatic heterocycles. The molecule has 0 radical (unpaired) electrons. The van der Waals surface area contributed by atoms with Crippen molar-refractivity contribution in [3.63, 3.8) is 0 Å². The maximum atomic E-state index is 11.8. The van der Waals surface area contributed by atoms with Crippen LogP contribution in [0.2, 0.25) is 0 Å². The zero-order chi connectivity index (χ0) is 12.0. The van der Waals surface area contributed by atoms with Crippen molar-refractivity contribution in [2.24, 2.45) is 11.3 Å². The highest BCUT2D eigenvalue weighted by atomic mass is 16.5. The van der Waals surface area contributed by atoms with E-state index in [2.05, 4.69) is 5.32 Å². The Labute approximate surface area is 97.4 Å². The van der Waals surface area contributed by atoms with Crippen LogP contribution in [0, 0.1) is 11.3 Å². The fourth-order valence-corrected chi connectivity index (χ4v) is 1.82. The molecule has 94 valence electrons. The second-order valence-corrected chi connectivity index (χ2v) is 5.24. The van der Waals surface area contributed by atoms with Crippen LogP contribution in [0.1, 0.15) is 33.1 Å². The van der Waals surface area contributed by atoms with Crippen molar-refractivity contribution >= 4 is 5.91 Å². The standard InChI is InChI=1S/C12H23NO3/c1-12(2,5-6-14)9-13-11(15)10-3-7-16-8-4-10/h10,14H,3-9H2,1-2H3,(H,13,15). The van der Waals surface area contributed by atoms with E-state index in [-0.39, 0.29) is 23.8 Å². The minimum Gasteiger partial charge on any atom is -0.396 e. The third-order valence-corrected chi connectivity index (χ3v) is 3.12. The molecular weight excluding hydrogens is 206 g/mol. The van der Waals surface area contributed by atoms with Gasteiger partial charge in [0.25, 0.3) is 0 Å². The second-order valence-electron chi connectivity index (χ2n) is 5.24. The van der Waals surface area contributed by atoms with Crippen molar-refractivity contribution in [2.45, 2.75) is 33.1 Å². The molecule has 1 amide bonds. The predicted molar refractivity (Wildman–Crippen MR) is 62.0 cm³/mol. The smallest absolute Gasteiger partial charge is 0.223 e. The highest BCUT2D eigenvalue weighted by Gasteiger charge is 2.24. The molecule has 0 saturated carbocycles. The van der Waals surface area contributed by atoms with Gasteiger partial charge in [-0.1, -0.05) is 13.8 Å².